The number of aliphatic carboxylic acids is 1. The van der Waals surface area contributed by atoms with Crippen LogP contribution in [0.3, 0.4) is 0 Å². The molecular formula is C36H64Cl2F6Li2N2Na2O11SSi. The van der Waals surface area contributed by atoms with E-state index in [1.165, 1.54) is 73.9 Å². The van der Waals surface area contributed by atoms with Crippen molar-refractivity contribution in [2.45, 2.75) is 155 Å². The largest absolute Gasteiger partial charge is 1.00 e. The number of halogens is 8. The smallest absolute Gasteiger partial charge is 1.00 e. The van der Waals surface area contributed by atoms with E-state index in [2.05, 4.69) is 105 Å². The van der Waals surface area contributed by atoms with Gasteiger partial charge in [-0.15, -0.1) is 0 Å². The first-order chi connectivity index (χ1) is 27.2. The molecule has 0 atom stereocenters. The minimum absolute atomic E-state index is 0. The Morgan fingerprint density at radius 2 is 1.21 bits per heavy atom. The van der Waals surface area contributed by atoms with Crippen LogP contribution in [-0.2, 0) is 33.1 Å². The molecule has 0 unspecified atom stereocenters. The van der Waals surface area contributed by atoms with Crippen LogP contribution in [0.1, 0.15) is 106 Å². The summed E-state index contributed by atoms with van der Waals surface area (Å²) in [5.74, 6) is -3.35. The van der Waals surface area contributed by atoms with Crippen molar-refractivity contribution in [3.63, 3.8) is 0 Å². The van der Waals surface area contributed by atoms with Gasteiger partial charge in [0.25, 0.3) is 0 Å². The number of nitrogens with zero attached hydrogens (tertiary/aromatic N) is 1. The third-order valence-corrected chi connectivity index (χ3v) is 9.55. The van der Waals surface area contributed by atoms with E-state index in [1.807, 2.05) is 18.2 Å². The van der Waals surface area contributed by atoms with E-state index >= 15 is 0 Å². The van der Waals surface area contributed by atoms with Gasteiger partial charge >= 0.3 is 182 Å². The Balaban J connectivity index is -0.0000000752. The number of alkyl halides is 6. The minimum atomic E-state index is -5.39. The molecule has 0 bridgehead atoms. The Morgan fingerprint density at radius 1 is 0.873 bits per heavy atom. The Labute approximate surface area is 446 Å². The van der Waals surface area contributed by atoms with Gasteiger partial charge in [0.2, 0.25) is 26.3 Å². The molecule has 2 saturated heterocycles. The summed E-state index contributed by atoms with van der Waals surface area (Å²) in [5.41, 5.74) is -5.31. The third-order valence-electron chi connectivity index (χ3n) is 5.73. The van der Waals surface area contributed by atoms with Crippen molar-refractivity contribution in [2.24, 2.45) is 0 Å². The summed E-state index contributed by atoms with van der Waals surface area (Å²) in [6.07, 6.45) is 2.73. The van der Waals surface area contributed by atoms with Gasteiger partial charge in [-0.3, -0.25) is 9.59 Å². The normalized spacial score (nSPS) is 12.5. The Hall–Kier alpha value is 0.502. The number of hydrogen-bond donors (Lipinski definition) is 3. The van der Waals surface area contributed by atoms with Crippen LogP contribution in [0.25, 0.3) is 0 Å². The van der Waals surface area contributed by atoms with Crippen LogP contribution < -0.4 is 86.2 Å². The van der Waals surface area contributed by atoms with Crippen molar-refractivity contribution in [1.29, 1.82) is 0 Å². The van der Waals surface area contributed by atoms with Crippen molar-refractivity contribution in [3.8, 4) is 0 Å². The predicted molar refractivity (Wildman–Crippen MR) is 224 cm³/mol. The maximum absolute atomic E-state index is 11.7. The first-order valence-electron chi connectivity index (χ1n) is 19.3. The minimum Gasteiger partial charge on any atom is 1.00 e. The molecule has 2 amide bonds. The van der Waals surface area contributed by atoms with E-state index in [-0.39, 0.29) is 96.2 Å². The van der Waals surface area contributed by atoms with Crippen LogP contribution in [0.2, 0.25) is 24.7 Å². The predicted octanol–water partition coefficient (Wildman–Crippen LogP) is -1.25. The average Bonchev–Trinajstić information content (AvgIpc) is 3.76. The number of rotatable bonds is 8. The van der Waals surface area contributed by atoms with E-state index in [4.69, 9.17) is 41.4 Å². The number of carbonyl (C=O) groups is 4. The van der Waals surface area contributed by atoms with Gasteiger partial charge in [0.1, 0.15) is 0 Å². The van der Waals surface area contributed by atoms with Gasteiger partial charge in [-0.2, -0.15) is 39.2 Å². The number of carbonyl (C=O) groups excluding carboxylic acids is 2. The second-order valence-corrected chi connectivity index (χ2v) is 20.5. The molecule has 354 valence electrons. The fourth-order valence-electron chi connectivity index (χ4n) is 3.34. The molecule has 0 aromatic heterocycles. The second-order valence-electron chi connectivity index (χ2n) is 13.9. The summed E-state index contributed by atoms with van der Waals surface area (Å²) in [7, 11) is -8.10. The number of carboxylic acid groups (broad SMARTS) is 3. The molecule has 0 radical (unpaired) electrons. The molecule has 1 aromatic carbocycles. The number of unbranched alkanes of at least 4 members (excludes halogenated alkanes) is 3. The summed E-state index contributed by atoms with van der Waals surface area (Å²) in [6.45, 7) is 21.3. The molecule has 2 aliphatic rings. The fourth-order valence-corrected chi connectivity index (χ4v) is 6.52. The SMILES string of the molecule is C1CCOC1.CC(C)NC(C)C.CCCCC.C[Si](C)(C)OS(=O)(=O)C(F)(F)F.O=C(O)C(F)(F)F.O=C([O-])O.O=C1CCC(=O)N1Cl.[Cl-].[Li][CH2]CCC.[Li][c]1ccccc1.[Na+].[Na+]. The van der Waals surface area contributed by atoms with Crippen LogP contribution in [-0.4, -0.2) is 128 Å². The molecular weight excluding hydrogens is 941 g/mol. The Bertz CT molecular complexity index is 1300. The van der Waals surface area contributed by atoms with E-state index in [9.17, 15) is 44.3 Å². The van der Waals surface area contributed by atoms with Crippen molar-refractivity contribution < 1.29 is 149 Å². The summed E-state index contributed by atoms with van der Waals surface area (Å²) in [6, 6.07) is 11.5. The van der Waals surface area contributed by atoms with Crippen LogP contribution in [0.15, 0.2) is 30.3 Å². The molecule has 0 saturated carbocycles. The molecule has 2 aliphatic heterocycles. The van der Waals surface area contributed by atoms with Crippen molar-refractivity contribution in [1.82, 2.24) is 9.74 Å². The number of ether oxygens (including phenoxy) is 1. The standard InChI is InChI=1S/C6H15N.C6H5.C5H12.C4H4ClNO2.C4H9F3O3SSi.C4H8O.C4H9.C2HF3O2.CH2O3.ClH.2Li.2Na/c1-5(2)7-6(3)4;1-2-4-6-5-3-1;1-3-5-4-2;5-6-3(7)1-2-4(6)8;1-12(2,3)10-11(8,9)4(5,6)7;1-2-4-5-3-1;1-3-4-2;3-2(4,5)1(6)7;2-1(3)4;;;;;/h5-7H,1-4H3;1-5H;3-5H2,1-2H3;1-2H2;1-3H3;1-4H2;1,3-4H2,2H3;(H,6,7);(H2,2,3,4);1H;;;;/q;;;;;;;;;;;;2*+1/p-2. The number of benzene rings is 1. The van der Waals surface area contributed by atoms with Gasteiger partial charge in [-0.25, -0.2) is 4.79 Å². The molecule has 2 fully saturated rings. The molecule has 3 rings (SSSR count). The monoisotopic (exact) mass is 1000 g/mol. The van der Waals surface area contributed by atoms with Crippen molar-refractivity contribution >= 4 is 93.8 Å². The topological polar surface area (TPSA) is 200 Å². The summed E-state index contributed by atoms with van der Waals surface area (Å²) >= 11 is 9.44. The molecule has 0 aliphatic carbocycles. The average molecular weight is 1010 g/mol. The zero-order valence-electron chi connectivity index (χ0n) is 39.5. The quantitative estimate of drug-likeness (QED) is 0.0922. The van der Waals surface area contributed by atoms with Crippen LogP contribution in [0.4, 0.5) is 31.1 Å². The Morgan fingerprint density at radius 3 is 1.29 bits per heavy atom. The van der Waals surface area contributed by atoms with E-state index in [0.29, 0.717) is 16.5 Å². The van der Waals surface area contributed by atoms with Crippen LogP contribution in [0, 0.1) is 0 Å². The van der Waals surface area contributed by atoms with Crippen LogP contribution >= 0.6 is 11.8 Å². The van der Waals surface area contributed by atoms with Gasteiger partial charge in [0.15, 0.2) is 0 Å². The number of nitrogens with one attached hydrogen (secondary N) is 1. The number of hydrogen-bond acceptors (Lipinski definition) is 10. The number of imide groups is 1. The molecule has 27 heteroatoms. The van der Waals surface area contributed by atoms with Gasteiger partial charge in [-0.05, 0) is 32.5 Å². The molecule has 13 nitrogen and oxygen atoms in total. The summed E-state index contributed by atoms with van der Waals surface area (Å²) in [5, 5.41) is 27.1. The maximum Gasteiger partial charge on any atom is 1.00 e. The first kappa shape index (κ1) is 83.5. The zero-order valence-corrected chi connectivity index (χ0v) is 46.8. The van der Waals surface area contributed by atoms with E-state index in [0.717, 1.165) is 13.2 Å². The number of amides is 2. The van der Waals surface area contributed by atoms with Gasteiger partial charge in [0.05, 0.1) is 0 Å². The maximum atomic E-state index is 11.7. The van der Waals surface area contributed by atoms with Gasteiger partial charge < -0.3 is 46.4 Å². The van der Waals surface area contributed by atoms with Crippen molar-refractivity contribution in [2.75, 3.05) is 13.2 Å². The van der Waals surface area contributed by atoms with Crippen LogP contribution in [0.5, 0.6) is 0 Å². The molecule has 1 aromatic rings. The molecule has 0 spiro atoms. The van der Waals surface area contributed by atoms with E-state index in [1.54, 1.807) is 0 Å². The second kappa shape index (κ2) is 50.4. The van der Waals surface area contributed by atoms with Crippen molar-refractivity contribution in [3.05, 3.63) is 30.3 Å². The summed E-state index contributed by atoms with van der Waals surface area (Å²) in [4.78, 5) is 38.1. The van der Waals surface area contributed by atoms with Gasteiger partial charge in [-0.1, -0.05) is 60.8 Å². The fraction of sp³-hybridized carbons (Fsp3) is 0.722. The third kappa shape index (κ3) is 74.3. The first-order valence-corrected chi connectivity index (χ1v) is 24.4. The molecule has 3 N–H and O–H groups in total. The van der Waals surface area contributed by atoms with E-state index < -0.39 is 42.2 Å². The Kier molecular flexibility index (Phi) is 66.8. The zero-order chi connectivity index (χ0) is 48.8. The summed E-state index contributed by atoms with van der Waals surface area (Å²) < 4.78 is 98.3. The molecule has 63 heavy (non-hydrogen) atoms. The number of carboxylic acids is 1. The van der Waals surface area contributed by atoms with Gasteiger partial charge in [0, 0.05) is 49.9 Å². The molecule has 2 heterocycles.